The maximum absolute atomic E-state index is 12.7. The van der Waals surface area contributed by atoms with Gasteiger partial charge in [-0.1, -0.05) is 12.1 Å². The van der Waals surface area contributed by atoms with E-state index in [0.29, 0.717) is 0 Å². The highest BCUT2D eigenvalue weighted by Gasteiger charge is 2.29. The molecule has 0 saturated heterocycles. The van der Waals surface area contributed by atoms with Gasteiger partial charge in [0.1, 0.15) is 0 Å². The minimum Gasteiger partial charge on any atom is -0.507 e. The summed E-state index contributed by atoms with van der Waals surface area (Å²) in [6.45, 7) is 4.09. The Hall–Kier alpha value is -2.33. The molecule has 4 N–H and O–H groups in total. The summed E-state index contributed by atoms with van der Waals surface area (Å²) in [4.78, 5) is 0. The van der Waals surface area contributed by atoms with Gasteiger partial charge < -0.3 is 20.4 Å². The third-order valence-electron chi connectivity index (χ3n) is 3.04. The molecule has 0 amide bonds. The van der Waals surface area contributed by atoms with Crippen molar-refractivity contribution in [2.24, 2.45) is 0 Å². The molecule has 0 fully saturated rings. The lowest BCUT2D eigenvalue weighted by Gasteiger charge is -2.08. The van der Waals surface area contributed by atoms with Crippen molar-refractivity contribution >= 4 is 13.0 Å². The SMILES string of the molecule is Cc1cccc(N)c1C.OB(O)Oc1c(F)c(F)c(F)c(F)c1F. The van der Waals surface area contributed by atoms with Gasteiger partial charge in [0.15, 0.2) is 5.75 Å². The molecule has 0 heterocycles. The van der Waals surface area contributed by atoms with E-state index in [1.54, 1.807) is 0 Å². The lowest BCUT2D eigenvalue weighted by atomic mass is 10.1. The summed E-state index contributed by atoms with van der Waals surface area (Å²) in [5.74, 6) is -13.1. The molecule has 0 bridgehead atoms. The van der Waals surface area contributed by atoms with Gasteiger partial charge in [0.2, 0.25) is 29.1 Å². The predicted octanol–water partition coefficient (Wildman–Crippen LogP) is 2.62. The topological polar surface area (TPSA) is 75.7 Å². The summed E-state index contributed by atoms with van der Waals surface area (Å²) in [6.07, 6.45) is 0. The Morgan fingerprint density at radius 2 is 1.33 bits per heavy atom. The molecule has 0 spiro atoms. The van der Waals surface area contributed by atoms with Crippen LogP contribution in [0.2, 0.25) is 0 Å². The van der Waals surface area contributed by atoms with Gasteiger partial charge in [-0.15, -0.1) is 0 Å². The molecule has 0 aromatic heterocycles. The molecule has 0 unspecified atom stereocenters. The summed E-state index contributed by atoms with van der Waals surface area (Å²) < 4.78 is 66.3. The Kier molecular flexibility index (Phi) is 6.55. The normalized spacial score (nSPS) is 10.0. The highest BCUT2D eigenvalue weighted by Crippen LogP contribution is 2.29. The van der Waals surface area contributed by atoms with E-state index in [-0.39, 0.29) is 0 Å². The first kappa shape index (κ1) is 19.7. The lowest BCUT2D eigenvalue weighted by molar-refractivity contribution is 0.263. The molecule has 10 heteroatoms. The average molecular weight is 349 g/mol. The van der Waals surface area contributed by atoms with Crippen molar-refractivity contribution < 1.29 is 36.7 Å². The maximum atomic E-state index is 12.7. The predicted molar refractivity (Wildman–Crippen MR) is 77.4 cm³/mol. The molecule has 2 aromatic rings. The van der Waals surface area contributed by atoms with Crippen molar-refractivity contribution in [2.45, 2.75) is 13.8 Å². The molecule has 4 nitrogen and oxygen atoms in total. The summed E-state index contributed by atoms with van der Waals surface area (Å²) >= 11 is 0. The number of hydrogen-bond donors (Lipinski definition) is 3. The molecular weight excluding hydrogens is 336 g/mol. The third kappa shape index (κ3) is 4.36. The van der Waals surface area contributed by atoms with Crippen LogP contribution >= 0.6 is 0 Å². The molecule has 0 aliphatic heterocycles. The molecule has 130 valence electrons. The molecule has 0 atom stereocenters. The van der Waals surface area contributed by atoms with Crippen LogP contribution in [0.5, 0.6) is 5.75 Å². The first-order valence-corrected chi connectivity index (χ1v) is 6.43. The fraction of sp³-hybridized carbons (Fsp3) is 0.143. The van der Waals surface area contributed by atoms with Crippen LogP contribution in [0.3, 0.4) is 0 Å². The second-order valence-electron chi connectivity index (χ2n) is 4.63. The van der Waals surface area contributed by atoms with Crippen LogP contribution in [0.25, 0.3) is 0 Å². The standard InChI is InChI=1S/C8H11N.C6H2BF5O3/c1-6-4-3-5-8(9)7(6)2;8-1-2(9)4(11)6(15-7(13)14)5(12)3(1)10/h3-5H,9H2,1-2H3;13-14H. The monoisotopic (exact) mass is 349 g/mol. The van der Waals surface area contributed by atoms with Gasteiger partial charge in [-0.3, -0.25) is 0 Å². The highest BCUT2D eigenvalue weighted by molar-refractivity contribution is 6.33. The minimum atomic E-state index is -2.70. The largest absolute Gasteiger partial charge is 0.707 e. The number of halogens is 5. The average Bonchev–Trinajstić information content (AvgIpc) is 2.53. The number of nitrogen functional groups attached to an aromatic ring is 1. The van der Waals surface area contributed by atoms with E-state index in [1.165, 1.54) is 11.1 Å². The maximum Gasteiger partial charge on any atom is 0.707 e. The number of anilines is 1. The molecule has 0 radical (unpaired) electrons. The first-order chi connectivity index (χ1) is 11.1. The minimum absolute atomic E-state index is 0.884. The highest BCUT2D eigenvalue weighted by atomic mass is 19.2. The molecule has 2 rings (SSSR count). The fourth-order valence-electron chi connectivity index (χ4n) is 1.57. The van der Waals surface area contributed by atoms with Gasteiger partial charge in [0.05, 0.1) is 0 Å². The van der Waals surface area contributed by atoms with Crippen LogP contribution < -0.4 is 10.4 Å². The Labute approximate surface area is 134 Å². The smallest absolute Gasteiger partial charge is 0.507 e. The van der Waals surface area contributed by atoms with Gasteiger partial charge in [-0.25, -0.2) is 13.2 Å². The Balaban J connectivity index is 0.000000272. The van der Waals surface area contributed by atoms with Crippen LogP contribution in [-0.2, 0) is 0 Å². The second-order valence-corrected chi connectivity index (χ2v) is 4.63. The van der Waals surface area contributed by atoms with Gasteiger partial charge in [0, 0.05) is 5.69 Å². The van der Waals surface area contributed by atoms with Gasteiger partial charge in [-0.2, -0.15) is 8.78 Å². The zero-order valence-corrected chi connectivity index (χ0v) is 12.6. The van der Waals surface area contributed by atoms with Crippen LogP contribution in [-0.4, -0.2) is 17.4 Å². The number of aryl methyl sites for hydroxylation is 1. The van der Waals surface area contributed by atoms with Crippen molar-refractivity contribution in [1.29, 1.82) is 0 Å². The molecular formula is C14H13BF5NO3. The van der Waals surface area contributed by atoms with Crippen LogP contribution in [0.15, 0.2) is 18.2 Å². The van der Waals surface area contributed by atoms with Crippen molar-refractivity contribution in [1.82, 2.24) is 0 Å². The first-order valence-electron chi connectivity index (χ1n) is 6.43. The zero-order valence-electron chi connectivity index (χ0n) is 12.6. The summed E-state index contributed by atoms with van der Waals surface area (Å²) in [5, 5.41) is 16.3. The van der Waals surface area contributed by atoms with Crippen LogP contribution in [0.1, 0.15) is 11.1 Å². The van der Waals surface area contributed by atoms with Crippen LogP contribution in [0.4, 0.5) is 27.6 Å². The van der Waals surface area contributed by atoms with E-state index in [0.717, 1.165) is 5.69 Å². The third-order valence-corrected chi connectivity index (χ3v) is 3.04. The zero-order chi connectivity index (χ0) is 18.6. The van der Waals surface area contributed by atoms with E-state index >= 15 is 0 Å². The van der Waals surface area contributed by atoms with Gasteiger partial charge in [0.25, 0.3) is 0 Å². The molecule has 0 saturated carbocycles. The second kappa shape index (κ2) is 7.98. The molecule has 0 aliphatic carbocycles. The number of nitrogens with two attached hydrogens (primary N) is 1. The van der Waals surface area contributed by atoms with E-state index in [2.05, 4.69) is 17.6 Å². The Morgan fingerprint density at radius 1 is 0.875 bits per heavy atom. The van der Waals surface area contributed by atoms with E-state index in [1.807, 2.05) is 19.1 Å². The molecule has 24 heavy (non-hydrogen) atoms. The quantitative estimate of drug-likeness (QED) is 0.256. The van der Waals surface area contributed by atoms with Crippen molar-refractivity contribution in [3.63, 3.8) is 0 Å². The lowest BCUT2D eigenvalue weighted by Crippen LogP contribution is -2.23. The number of hydrogen-bond acceptors (Lipinski definition) is 4. The number of benzene rings is 2. The fourth-order valence-corrected chi connectivity index (χ4v) is 1.57. The molecule has 0 aliphatic rings. The van der Waals surface area contributed by atoms with Crippen molar-refractivity contribution in [2.75, 3.05) is 5.73 Å². The Bertz CT molecular complexity index is 694. The van der Waals surface area contributed by atoms with Crippen molar-refractivity contribution in [3.05, 3.63) is 58.4 Å². The number of rotatable bonds is 2. The van der Waals surface area contributed by atoms with Crippen molar-refractivity contribution in [3.8, 4) is 5.75 Å². The van der Waals surface area contributed by atoms with E-state index < -0.39 is 42.2 Å². The summed E-state index contributed by atoms with van der Waals surface area (Å²) in [6, 6.07) is 5.95. The van der Waals surface area contributed by atoms with Crippen LogP contribution in [0, 0.1) is 42.9 Å². The van der Waals surface area contributed by atoms with Gasteiger partial charge in [-0.05, 0) is 31.0 Å². The van der Waals surface area contributed by atoms with Gasteiger partial charge >= 0.3 is 7.32 Å². The van der Waals surface area contributed by atoms with E-state index in [4.69, 9.17) is 15.8 Å². The molecule has 2 aromatic carbocycles. The summed E-state index contributed by atoms with van der Waals surface area (Å²) in [5.41, 5.74) is 8.96. The summed E-state index contributed by atoms with van der Waals surface area (Å²) in [7, 11) is -2.70. The Morgan fingerprint density at radius 3 is 1.71 bits per heavy atom. The van der Waals surface area contributed by atoms with E-state index in [9.17, 15) is 22.0 Å².